The maximum absolute atomic E-state index is 13.8. The number of anilines is 1. The van der Waals surface area contributed by atoms with Gasteiger partial charge in [-0.2, -0.15) is 28.5 Å². The summed E-state index contributed by atoms with van der Waals surface area (Å²) in [6, 6.07) is 13.4. The van der Waals surface area contributed by atoms with Crippen LogP contribution in [0, 0.1) is 18.3 Å². The second kappa shape index (κ2) is 13.2. The van der Waals surface area contributed by atoms with Crippen LogP contribution in [0.15, 0.2) is 61.1 Å². The summed E-state index contributed by atoms with van der Waals surface area (Å²) in [5.41, 5.74) is 1.79. The molecule has 5 aromatic rings. The van der Waals surface area contributed by atoms with Gasteiger partial charge in [-0.1, -0.05) is 12.1 Å². The largest absolute Gasteiger partial charge is 0.416 e. The standard InChI is InChI=1S/C32H32F3N9O3S/c1-21-26(29-37-20-38-43(29)25-11-9-22(18-36)10-12-25)19-42-30(28(21)23-7-5-8-24(17-23)32(33,34)35)40-31(41-42)39-27(45)13-16-48(46,47)15-6-14-44(2,3)4/h5,7-12,17,19-20H,6,13-16H2,1-4H3/p+1. The van der Waals surface area contributed by atoms with Gasteiger partial charge in [0.2, 0.25) is 11.9 Å². The molecule has 0 aliphatic rings. The van der Waals surface area contributed by atoms with Gasteiger partial charge in [0.25, 0.3) is 0 Å². The van der Waals surface area contributed by atoms with Gasteiger partial charge < -0.3 is 4.48 Å². The van der Waals surface area contributed by atoms with E-state index in [0.717, 1.165) is 12.1 Å². The van der Waals surface area contributed by atoms with E-state index in [9.17, 15) is 31.6 Å². The lowest BCUT2D eigenvalue weighted by Crippen LogP contribution is -2.36. The first-order chi connectivity index (χ1) is 22.5. The maximum atomic E-state index is 13.8. The van der Waals surface area contributed by atoms with Crippen LogP contribution in [-0.4, -0.2) is 87.4 Å². The van der Waals surface area contributed by atoms with Crippen LogP contribution in [0.25, 0.3) is 33.8 Å². The minimum absolute atomic E-state index is 0.0437. The molecule has 1 amide bonds. The number of alkyl halides is 3. The van der Waals surface area contributed by atoms with Gasteiger partial charge in [-0.05, 0) is 54.4 Å². The molecule has 0 saturated carbocycles. The molecular formula is C32H33F3N9O3S+. The SMILES string of the molecule is Cc1c(-c2ncnn2-c2ccc(C#N)cc2)cn2nc(NC(=O)CCS(=O)(=O)CCC[N+](C)(C)C)nc2c1-c1cccc(C(F)(F)F)c1. The Kier molecular flexibility index (Phi) is 9.38. The Hall–Kier alpha value is -5.14. The summed E-state index contributed by atoms with van der Waals surface area (Å²) < 4.78 is 69.8. The molecule has 0 unspecified atom stereocenters. The van der Waals surface area contributed by atoms with Crippen LogP contribution in [0.1, 0.15) is 29.5 Å². The smallest absolute Gasteiger partial charge is 0.331 e. The predicted octanol–water partition coefficient (Wildman–Crippen LogP) is 4.68. The van der Waals surface area contributed by atoms with Crippen LogP contribution >= 0.6 is 0 Å². The molecule has 0 spiro atoms. The number of rotatable bonds is 11. The summed E-state index contributed by atoms with van der Waals surface area (Å²) in [5.74, 6) is -0.839. The zero-order chi connectivity index (χ0) is 34.9. The van der Waals surface area contributed by atoms with Crippen LogP contribution in [0.4, 0.5) is 19.1 Å². The quantitative estimate of drug-likeness (QED) is 0.198. The number of aromatic nitrogens is 6. The first-order valence-electron chi connectivity index (χ1n) is 14.8. The number of nitrogens with one attached hydrogen (secondary N) is 1. The van der Waals surface area contributed by atoms with E-state index >= 15 is 0 Å². The van der Waals surface area contributed by atoms with E-state index in [1.54, 1.807) is 37.4 Å². The molecule has 3 aromatic heterocycles. The van der Waals surface area contributed by atoms with Crippen molar-refractivity contribution in [2.24, 2.45) is 0 Å². The highest BCUT2D eigenvalue weighted by Gasteiger charge is 2.31. The lowest BCUT2D eigenvalue weighted by Gasteiger charge is -2.23. The van der Waals surface area contributed by atoms with E-state index in [1.165, 1.54) is 27.7 Å². The lowest BCUT2D eigenvalue weighted by molar-refractivity contribution is -0.870. The third-order valence-corrected chi connectivity index (χ3v) is 9.31. The zero-order valence-corrected chi connectivity index (χ0v) is 27.5. The number of nitrogens with zero attached hydrogens (tertiary/aromatic N) is 8. The third-order valence-electron chi connectivity index (χ3n) is 7.57. The predicted molar refractivity (Wildman–Crippen MR) is 173 cm³/mol. The third kappa shape index (κ3) is 7.86. The summed E-state index contributed by atoms with van der Waals surface area (Å²) in [4.78, 5) is 21.7. The molecule has 16 heteroatoms. The summed E-state index contributed by atoms with van der Waals surface area (Å²) >= 11 is 0. The Bertz CT molecular complexity index is 2130. The van der Waals surface area contributed by atoms with Gasteiger partial charge in [0.15, 0.2) is 21.3 Å². The number of halogens is 3. The zero-order valence-electron chi connectivity index (χ0n) is 26.7. The summed E-state index contributed by atoms with van der Waals surface area (Å²) in [6.45, 7) is 2.37. The van der Waals surface area contributed by atoms with Crippen molar-refractivity contribution < 1.29 is 30.9 Å². The van der Waals surface area contributed by atoms with E-state index < -0.39 is 27.5 Å². The highest BCUT2D eigenvalue weighted by molar-refractivity contribution is 7.91. The van der Waals surface area contributed by atoms with Gasteiger partial charge in [0.1, 0.15) is 6.33 Å². The Morgan fingerprint density at radius 3 is 2.48 bits per heavy atom. The molecule has 12 nitrogen and oxygen atoms in total. The molecule has 0 bridgehead atoms. The van der Waals surface area contributed by atoms with Gasteiger partial charge in [-0.15, -0.1) is 5.10 Å². The highest BCUT2D eigenvalue weighted by Crippen LogP contribution is 2.38. The minimum atomic E-state index is -4.60. The molecule has 2 aromatic carbocycles. The molecule has 48 heavy (non-hydrogen) atoms. The molecule has 1 N–H and O–H groups in total. The number of carbonyl (C=O) groups excluding carboxylic acids is 1. The normalized spacial score (nSPS) is 12.3. The van der Waals surface area contributed by atoms with E-state index in [-0.39, 0.29) is 35.1 Å². The Morgan fingerprint density at radius 2 is 1.81 bits per heavy atom. The Labute approximate surface area is 275 Å². The van der Waals surface area contributed by atoms with Crippen LogP contribution in [0.5, 0.6) is 0 Å². The first-order valence-corrected chi connectivity index (χ1v) is 16.7. The van der Waals surface area contributed by atoms with Crippen molar-refractivity contribution in [3.8, 4) is 34.3 Å². The Balaban J connectivity index is 1.53. The molecule has 3 heterocycles. The summed E-state index contributed by atoms with van der Waals surface area (Å²) in [5, 5.41) is 20.4. The fourth-order valence-corrected chi connectivity index (χ4v) is 6.44. The van der Waals surface area contributed by atoms with E-state index in [0.29, 0.717) is 51.2 Å². The van der Waals surface area contributed by atoms with Crippen molar-refractivity contribution in [1.82, 2.24) is 29.4 Å². The van der Waals surface area contributed by atoms with E-state index in [1.807, 2.05) is 21.1 Å². The monoisotopic (exact) mass is 680 g/mol. The number of amides is 1. The fourth-order valence-electron chi connectivity index (χ4n) is 5.17. The van der Waals surface area contributed by atoms with Crippen molar-refractivity contribution in [3.63, 3.8) is 0 Å². The average Bonchev–Trinajstić information content (AvgIpc) is 3.66. The maximum Gasteiger partial charge on any atom is 0.416 e. The number of hydrogen-bond donors (Lipinski definition) is 1. The molecule has 5 rings (SSSR count). The Morgan fingerprint density at radius 1 is 1.08 bits per heavy atom. The number of nitriles is 1. The van der Waals surface area contributed by atoms with Crippen molar-refractivity contribution >= 4 is 27.3 Å². The molecule has 0 aliphatic carbocycles. The van der Waals surface area contributed by atoms with Crippen molar-refractivity contribution in [2.75, 3.05) is 44.5 Å². The van der Waals surface area contributed by atoms with Crippen LogP contribution in [-0.2, 0) is 20.8 Å². The van der Waals surface area contributed by atoms with Gasteiger partial charge >= 0.3 is 6.18 Å². The number of carbonyl (C=O) groups is 1. The van der Waals surface area contributed by atoms with E-state index in [2.05, 4.69) is 31.6 Å². The highest BCUT2D eigenvalue weighted by atomic mass is 32.2. The molecule has 0 fully saturated rings. The minimum Gasteiger partial charge on any atom is -0.331 e. The van der Waals surface area contributed by atoms with Gasteiger partial charge in [-0.25, -0.2) is 22.6 Å². The summed E-state index contributed by atoms with van der Waals surface area (Å²) in [6.07, 6.45) is -1.56. The summed E-state index contributed by atoms with van der Waals surface area (Å²) in [7, 11) is 2.41. The topological polar surface area (TPSA) is 148 Å². The average molecular weight is 681 g/mol. The van der Waals surface area contributed by atoms with Gasteiger partial charge in [0, 0.05) is 30.2 Å². The molecular weight excluding hydrogens is 647 g/mol. The number of benzene rings is 2. The van der Waals surface area contributed by atoms with Crippen LogP contribution in [0.2, 0.25) is 0 Å². The molecule has 250 valence electrons. The second-order valence-corrected chi connectivity index (χ2v) is 14.6. The van der Waals surface area contributed by atoms with Crippen molar-refractivity contribution in [1.29, 1.82) is 5.26 Å². The van der Waals surface area contributed by atoms with Crippen molar-refractivity contribution in [2.45, 2.75) is 25.9 Å². The number of hydrogen-bond acceptors (Lipinski definition) is 8. The van der Waals surface area contributed by atoms with Crippen LogP contribution < -0.4 is 5.32 Å². The van der Waals surface area contributed by atoms with Gasteiger partial charge in [-0.3, -0.25) is 10.1 Å². The molecule has 0 aliphatic heterocycles. The molecule has 0 saturated heterocycles. The van der Waals surface area contributed by atoms with Crippen molar-refractivity contribution in [3.05, 3.63) is 77.7 Å². The van der Waals surface area contributed by atoms with E-state index in [4.69, 9.17) is 0 Å². The number of fused-ring (bicyclic) bond motifs is 1. The number of pyridine rings is 1. The van der Waals surface area contributed by atoms with Crippen LogP contribution in [0.3, 0.4) is 0 Å². The lowest BCUT2D eigenvalue weighted by atomic mass is 9.96. The second-order valence-electron chi connectivity index (χ2n) is 12.3. The molecule has 0 radical (unpaired) electrons. The fraction of sp³-hybridized carbons (Fsp3) is 0.312. The van der Waals surface area contributed by atoms with Gasteiger partial charge in [0.05, 0.1) is 62.1 Å². The number of sulfone groups is 1. The molecule has 0 atom stereocenters. The first kappa shape index (κ1) is 34.2. The number of quaternary nitrogens is 1.